The highest BCUT2D eigenvalue weighted by atomic mass is 32.2. The van der Waals surface area contributed by atoms with Gasteiger partial charge in [-0.15, -0.1) is 0 Å². The smallest absolute Gasteiger partial charge is 0.264 e. The van der Waals surface area contributed by atoms with Crippen molar-refractivity contribution in [2.45, 2.75) is 24.8 Å². The van der Waals surface area contributed by atoms with E-state index >= 15 is 0 Å². The molecule has 0 atom stereocenters. The van der Waals surface area contributed by atoms with Crippen LogP contribution in [0.15, 0.2) is 88.9 Å². The van der Waals surface area contributed by atoms with Gasteiger partial charge in [0.25, 0.3) is 21.8 Å². The summed E-state index contributed by atoms with van der Waals surface area (Å²) in [5.74, 6) is 0.209. The first-order chi connectivity index (χ1) is 18.2. The second kappa shape index (κ2) is 13.2. The number of hydrazone groups is 1. The molecule has 10 nitrogen and oxygen atoms in total. The van der Waals surface area contributed by atoms with Gasteiger partial charge in [0, 0.05) is 6.04 Å². The molecule has 3 rings (SSSR count). The van der Waals surface area contributed by atoms with Crippen molar-refractivity contribution < 1.29 is 27.5 Å². The van der Waals surface area contributed by atoms with E-state index in [-0.39, 0.29) is 23.5 Å². The summed E-state index contributed by atoms with van der Waals surface area (Å²) in [5.41, 5.74) is 3.32. The molecule has 0 heterocycles. The van der Waals surface area contributed by atoms with Crippen LogP contribution in [0.4, 0.5) is 5.69 Å². The van der Waals surface area contributed by atoms with Gasteiger partial charge in [0.1, 0.15) is 18.0 Å². The monoisotopic (exact) mass is 538 g/mol. The molecule has 0 spiro atoms. The lowest BCUT2D eigenvalue weighted by Crippen LogP contribution is -2.39. The molecule has 3 aromatic rings. The van der Waals surface area contributed by atoms with Gasteiger partial charge in [0.15, 0.2) is 6.61 Å². The number of hydrogen-bond acceptors (Lipinski definition) is 7. The molecule has 0 fully saturated rings. The number of amides is 2. The Morgan fingerprint density at radius 1 is 0.921 bits per heavy atom. The number of anilines is 1. The number of methoxy groups -OCH3 is 1. The predicted octanol–water partition coefficient (Wildman–Crippen LogP) is 2.94. The van der Waals surface area contributed by atoms with Crippen LogP contribution in [-0.4, -0.2) is 52.8 Å². The van der Waals surface area contributed by atoms with Crippen LogP contribution in [0.3, 0.4) is 0 Å². The van der Waals surface area contributed by atoms with Gasteiger partial charge in [-0.25, -0.2) is 13.8 Å². The highest BCUT2D eigenvalue weighted by molar-refractivity contribution is 7.92. The van der Waals surface area contributed by atoms with Gasteiger partial charge >= 0.3 is 0 Å². The summed E-state index contributed by atoms with van der Waals surface area (Å²) in [4.78, 5) is 24.4. The van der Waals surface area contributed by atoms with Crippen molar-refractivity contribution in [3.05, 3.63) is 84.4 Å². The molecule has 0 aliphatic rings. The third kappa shape index (κ3) is 8.07. The van der Waals surface area contributed by atoms with E-state index in [2.05, 4.69) is 15.8 Å². The number of sulfonamides is 1. The van der Waals surface area contributed by atoms with Gasteiger partial charge in [0.2, 0.25) is 0 Å². The lowest BCUT2D eigenvalue weighted by Gasteiger charge is -2.23. The van der Waals surface area contributed by atoms with E-state index in [9.17, 15) is 18.0 Å². The molecule has 2 N–H and O–H groups in total. The predicted molar refractivity (Wildman–Crippen MR) is 145 cm³/mol. The third-order valence-electron chi connectivity index (χ3n) is 5.08. The number of carbonyl (C=O) groups is 2. The van der Waals surface area contributed by atoms with Crippen LogP contribution in [-0.2, 0) is 19.6 Å². The summed E-state index contributed by atoms with van der Waals surface area (Å²) in [7, 11) is -2.53. The maximum absolute atomic E-state index is 13.3. The fraction of sp³-hybridized carbons (Fsp3) is 0.222. The minimum Gasteiger partial charge on any atom is -0.497 e. The highest BCUT2D eigenvalue weighted by Gasteiger charge is 2.27. The van der Waals surface area contributed by atoms with Crippen molar-refractivity contribution in [3.63, 3.8) is 0 Å². The van der Waals surface area contributed by atoms with Crippen LogP contribution in [0.2, 0.25) is 0 Å². The van der Waals surface area contributed by atoms with Crippen LogP contribution >= 0.6 is 0 Å². The molecule has 0 radical (unpaired) electrons. The number of nitrogens with one attached hydrogen (secondary N) is 2. The third-order valence-corrected chi connectivity index (χ3v) is 6.87. The van der Waals surface area contributed by atoms with Crippen LogP contribution in [0, 0.1) is 0 Å². The Kier molecular flexibility index (Phi) is 9.83. The average molecular weight is 539 g/mol. The van der Waals surface area contributed by atoms with Gasteiger partial charge in [0.05, 0.1) is 23.9 Å². The molecule has 38 heavy (non-hydrogen) atoms. The van der Waals surface area contributed by atoms with E-state index in [1.165, 1.54) is 25.5 Å². The summed E-state index contributed by atoms with van der Waals surface area (Å²) < 4.78 is 38.3. The van der Waals surface area contributed by atoms with Crippen molar-refractivity contribution in [2.24, 2.45) is 5.10 Å². The Morgan fingerprint density at radius 3 is 2.16 bits per heavy atom. The zero-order chi connectivity index (χ0) is 27.5. The van der Waals surface area contributed by atoms with Gasteiger partial charge in [-0.05, 0) is 80.1 Å². The fourth-order valence-electron chi connectivity index (χ4n) is 3.29. The first kappa shape index (κ1) is 28.2. The molecule has 0 unspecified atom stereocenters. The summed E-state index contributed by atoms with van der Waals surface area (Å²) in [6.45, 7) is 3.14. The van der Waals surface area contributed by atoms with Crippen molar-refractivity contribution >= 4 is 33.7 Å². The van der Waals surface area contributed by atoms with Crippen LogP contribution in [0.5, 0.6) is 11.5 Å². The Hall–Kier alpha value is -4.38. The number of ether oxygens (including phenoxy) is 2. The van der Waals surface area contributed by atoms with E-state index in [1.54, 1.807) is 66.7 Å². The quantitative estimate of drug-likeness (QED) is 0.270. The number of carbonyl (C=O) groups excluding carboxylic acids is 2. The zero-order valence-corrected chi connectivity index (χ0v) is 22.1. The molecule has 0 bridgehead atoms. The van der Waals surface area contributed by atoms with E-state index in [0.717, 1.165) is 4.31 Å². The van der Waals surface area contributed by atoms with Gasteiger partial charge in [-0.3, -0.25) is 13.9 Å². The van der Waals surface area contributed by atoms with E-state index < -0.39 is 22.5 Å². The molecule has 3 aromatic carbocycles. The molecule has 0 aromatic heterocycles. The normalized spacial score (nSPS) is 11.3. The lowest BCUT2D eigenvalue weighted by molar-refractivity contribution is -0.123. The first-order valence-electron chi connectivity index (χ1n) is 11.7. The number of benzene rings is 3. The molecule has 2 amide bonds. The fourth-order valence-corrected chi connectivity index (χ4v) is 4.73. The minimum absolute atomic E-state index is 0.0293. The largest absolute Gasteiger partial charge is 0.497 e. The standard InChI is InChI=1S/C27H30N4O6S/c1-20(2)29-27(33)19-37-24-13-9-21(10-14-24)17-28-30-26(32)18-31(22-11-15-23(36-3)16-12-22)38(34,35)25-7-5-4-6-8-25/h4-17,20H,18-19H2,1-3H3,(H,29,33)(H,30,32)/b28-17-. The van der Waals surface area contributed by atoms with Crippen molar-refractivity contribution in [1.29, 1.82) is 0 Å². The van der Waals surface area contributed by atoms with Gasteiger partial charge in [-0.2, -0.15) is 5.10 Å². The highest BCUT2D eigenvalue weighted by Crippen LogP contribution is 2.25. The van der Waals surface area contributed by atoms with Gasteiger partial charge < -0.3 is 14.8 Å². The van der Waals surface area contributed by atoms with E-state index in [1.807, 2.05) is 13.8 Å². The van der Waals surface area contributed by atoms with E-state index in [4.69, 9.17) is 9.47 Å². The summed E-state index contributed by atoms with van der Waals surface area (Å²) in [6.07, 6.45) is 1.41. The Balaban J connectivity index is 1.65. The molecule has 200 valence electrons. The molecule has 0 aliphatic carbocycles. The van der Waals surface area contributed by atoms with Crippen LogP contribution in [0.25, 0.3) is 0 Å². The summed E-state index contributed by atoms with van der Waals surface area (Å²) in [5, 5.41) is 6.67. The van der Waals surface area contributed by atoms with E-state index in [0.29, 0.717) is 22.7 Å². The molecule has 0 aliphatic heterocycles. The average Bonchev–Trinajstić information content (AvgIpc) is 2.91. The molecule has 0 saturated heterocycles. The maximum Gasteiger partial charge on any atom is 0.264 e. The van der Waals surface area contributed by atoms with Crippen LogP contribution < -0.4 is 24.5 Å². The summed E-state index contributed by atoms with van der Waals surface area (Å²) >= 11 is 0. The topological polar surface area (TPSA) is 126 Å². The number of nitrogens with zero attached hydrogens (tertiary/aromatic N) is 2. The molecular formula is C27H30N4O6S. The van der Waals surface area contributed by atoms with Crippen molar-refractivity contribution in [2.75, 3.05) is 24.6 Å². The Morgan fingerprint density at radius 2 is 1.55 bits per heavy atom. The Bertz CT molecular complexity index is 1340. The second-order valence-electron chi connectivity index (χ2n) is 8.40. The van der Waals surface area contributed by atoms with Crippen LogP contribution in [0.1, 0.15) is 19.4 Å². The molecule has 0 saturated carbocycles. The van der Waals surface area contributed by atoms with Gasteiger partial charge in [-0.1, -0.05) is 18.2 Å². The lowest BCUT2D eigenvalue weighted by atomic mass is 10.2. The number of rotatable bonds is 12. The summed E-state index contributed by atoms with van der Waals surface area (Å²) in [6, 6.07) is 21.0. The van der Waals surface area contributed by atoms with Crippen molar-refractivity contribution in [3.8, 4) is 11.5 Å². The molecule has 11 heteroatoms. The van der Waals surface area contributed by atoms with Crippen molar-refractivity contribution in [1.82, 2.24) is 10.7 Å². The second-order valence-corrected chi connectivity index (χ2v) is 10.3. The Labute approximate surface area is 222 Å². The number of hydrogen-bond donors (Lipinski definition) is 2. The zero-order valence-electron chi connectivity index (χ0n) is 21.3. The molecular weight excluding hydrogens is 508 g/mol. The first-order valence-corrected chi connectivity index (χ1v) is 13.2. The SMILES string of the molecule is COc1ccc(N(CC(=O)N/N=C\c2ccc(OCC(=O)NC(C)C)cc2)S(=O)(=O)c2ccccc2)cc1. The minimum atomic E-state index is -4.03. The maximum atomic E-state index is 13.3.